The molecule has 0 atom stereocenters. The van der Waals surface area contributed by atoms with E-state index in [1.54, 1.807) is 4.57 Å². The Morgan fingerprint density at radius 1 is 0.852 bits per heavy atom. The molecule has 5 aromatic rings. The Morgan fingerprint density at radius 2 is 1.74 bits per heavy atom. The van der Waals surface area contributed by atoms with E-state index >= 15 is 0 Å². The highest BCUT2D eigenvalue weighted by Crippen LogP contribution is 2.24. The van der Waals surface area contributed by atoms with E-state index in [0.29, 0.717) is 6.54 Å². The van der Waals surface area contributed by atoms with Gasteiger partial charge in [-0.25, -0.2) is 4.98 Å². The Hall–Kier alpha value is -3.66. The number of nitrogens with zero attached hydrogens (tertiary/aromatic N) is 3. The molecule has 27 heavy (non-hydrogen) atoms. The van der Waals surface area contributed by atoms with E-state index in [0.717, 1.165) is 33.4 Å². The highest BCUT2D eigenvalue weighted by molar-refractivity contribution is 5.74. The van der Waals surface area contributed by atoms with E-state index in [9.17, 15) is 4.79 Å². The van der Waals surface area contributed by atoms with Crippen molar-refractivity contribution in [1.29, 1.82) is 0 Å². The lowest BCUT2D eigenvalue weighted by Gasteiger charge is -2.11. The number of para-hydroxylation sites is 2. The third-order valence-corrected chi connectivity index (χ3v) is 4.88. The Balaban J connectivity index is 1.60. The third kappa shape index (κ3) is 2.72. The minimum Gasteiger partial charge on any atom is -0.317 e. The van der Waals surface area contributed by atoms with Gasteiger partial charge in [0.25, 0.3) is 5.56 Å². The second-order valence-electron chi connectivity index (χ2n) is 6.59. The second kappa shape index (κ2) is 6.25. The topological polar surface area (TPSA) is 39.3 Å². The molecule has 2 aromatic carbocycles. The van der Waals surface area contributed by atoms with Crippen LogP contribution in [0.3, 0.4) is 0 Å². The summed E-state index contributed by atoms with van der Waals surface area (Å²) < 4.78 is 3.95. The highest BCUT2D eigenvalue weighted by Gasteiger charge is 2.08. The molecule has 0 unspecified atom stereocenters. The average molecular weight is 351 g/mol. The van der Waals surface area contributed by atoms with Gasteiger partial charge in [-0.1, -0.05) is 36.4 Å². The number of fused-ring (bicyclic) bond motifs is 2. The number of rotatable bonds is 3. The first kappa shape index (κ1) is 15.6. The fraction of sp³-hybridized carbons (Fsp3) is 0.0435. The largest absolute Gasteiger partial charge is 0.317 e. The van der Waals surface area contributed by atoms with Crippen LogP contribution in [0.1, 0.15) is 5.56 Å². The number of pyridine rings is 1. The predicted octanol–water partition coefficient (Wildman–Crippen LogP) is 4.36. The van der Waals surface area contributed by atoms with Crippen molar-refractivity contribution in [3.05, 3.63) is 107 Å². The van der Waals surface area contributed by atoms with Crippen LogP contribution in [-0.2, 0) is 6.54 Å². The quantitative estimate of drug-likeness (QED) is 0.484. The summed E-state index contributed by atoms with van der Waals surface area (Å²) in [5.41, 5.74) is 6.09. The van der Waals surface area contributed by atoms with Crippen LogP contribution in [0.25, 0.3) is 27.8 Å². The summed E-state index contributed by atoms with van der Waals surface area (Å²) in [7, 11) is 0. The van der Waals surface area contributed by atoms with Gasteiger partial charge in [0.05, 0.1) is 29.5 Å². The third-order valence-electron chi connectivity index (χ3n) is 4.88. The zero-order valence-corrected chi connectivity index (χ0v) is 14.6. The number of aromatic nitrogens is 3. The molecule has 0 N–H and O–H groups in total. The Kier molecular flexibility index (Phi) is 3.61. The maximum Gasteiger partial charge on any atom is 0.269 e. The Morgan fingerprint density at radius 3 is 2.70 bits per heavy atom. The summed E-state index contributed by atoms with van der Waals surface area (Å²) in [6.45, 7) is 0.513. The maximum absolute atomic E-state index is 12.4. The van der Waals surface area contributed by atoms with Gasteiger partial charge in [-0.05, 0) is 53.6 Å². The van der Waals surface area contributed by atoms with Gasteiger partial charge < -0.3 is 8.97 Å². The lowest BCUT2D eigenvalue weighted by molar-refractivity contribution is 0.787. The van der Waals surface area contributed by atoms with Crippen LogP contribution >= 0.6 is 0 Å². The van der Waals surface area contributed by atoms with E-state index in [1.807, 2.05) is 42.5 Å². The van der Waals surface area contributed by atoms with Gasteiger partial charge >= 0.3 is 0 Å². The average Bonchev–Trinajstić information content (AvgIpc) is 3.15. The van der Waals surface area contributed by atoms with Gasteiger partial charge in [0, 0.05) is 11.7 Å². The van der Waals surface area contributed by atoms with Crippen LogP contribution in [0, 0.1) is 0 Å². The van der Waals surface area contributed by atoms with Crippen LogP contribution in [0.15, 0.2) is 96.1 Å². The minimum absolute atomic E-state index is 0.0905. The highest BCUT2D eigenvalue weighted by atomic mass is 16.1. The SMILES string of the molecule is O=c1cnc2ccccc2n1Cc1cccc(-c2ccc3ccccn23)c1. The van der Waals surface area contributed by atoms with E-state index in [-0.39, 0.29) is 5.56 Å². The number of benzene rings is 2. The molecule has 0 bridgehead atoms. The monoisotopic (exact) mass is 351 g/mol. The van der Waals surface area contributed by atoms with Crippen LogP contribution < -0.4 is 5.56 Å². The van der Waals surface area contributed by atoms with Gasteiger partial charge in [-0.2, -0.15) is 0 Å². The molecule has 0 saturated carbocycles. The second-order valence-corrected chi connectivity index (χ2v) is 6.59. The summed E-state index contributed by atoms with van der Waals surface area (Å²) in [5, 5.41) is 0. The van der Waals surface area contributed by atoms with Crippen LogP contribution in [0.2, 0.25) is 0 Å². The van der Waals surface area contributed by atoms with E-state index in [1.165, 1.54) is 6.20 Å². The van der Waals surface area contributed by atoms with Crippen molar-refractivity contribution in [1.82, 2.24) is 14.0 Å². The van der Waals surface area contributed by atoms with Crippen LogP contribution in [-0.4, -0.2) is 14.0 Å². The Labute approximate surface area is 156 Å². The van der Waals surface area contributed by atoms with Crippen molar-refractivity contribution >= 4 is 16.6 Å². The van der Waals surface area contributed by atoms with Crippen molar-refractivity contribution in [2.24, 2.45) is 0 Å². The molecule has 4 nitrogen and oxygen atoms in total. The maximum atomic E-state index is 12.4. The molecule has 3 heterocycles. The molecule has 0 saturated heterocycles. The Bertz CT molecular complexity index is 1330. The fourth-order valence-corrected chi connectivity index (χ4v) is 3.58. The number of hydrogen-bond donors (Lipinski definition) is 0. The summed E-state index contributed by atoms with van der Waals surface area (Å²) in [6.07, 6.45) is 3.46. The molecule has 3 aromatic heterocycles. The summed E-state index contributed by atoms with van der Waals surface area (Å²) in [5.74, 6) is 0. The molecule has 0 aliphatic heterocycles. The molecule has 4 heteroatoms. The molecule has 0 spiro atoms. The van der Waals surface area contributed by atoms with Crippen molar-refractivity contribution in [2.75, 3.05) is 0 Å². The van der Waals surface area contributed by atoms with Crippen LogP contribution in [0.5, 0.6) is 0 Å². The zero-order chi connectivity index (χ0) is 18.2. The van der Waals surface area contributed by atoms with E-state index in [2.05, 4.69) is 52.0 Å². The molecule has 0 aliphatic rings. The van der Waals surface area contributed by atoms with Crippen molar-refractivity contribution in [3.63, 3.8) is 0 Å². The molecular formula is C23H17N3O. The first-order valence-electron chi connectivity index (χ1n) is 8.90. The van der Waals surface area contributed by atoms with Gasteiger partial charge in [-0.15, -0.1) is 0 Å². The van der Waals surface area contributed by atoms with Crippen LogP contribution in [0.4, 0.5) is 0 Å². The first-order chi connectivity index (χ1) is 13.3. The fourth-order valence-electron chi connectivity index (χ4n) is 3.58. The summed E-state index contributed by atoms with van der Waals surface area (Å²) >= 11 is 0. The molecule has 0 radical (unpaired) electrons. The van der Waals surface area contributed by atoms with Crippen molar-refractivity contribution in [2.45, 2.75) is 6.54 Å². The van der Waals surface area contributed by atoms with Crippen molar-refractivity contribution < 1.29 is 0 Å². The number of hydrogen-bond acceptors (Lipinski definition) is 2. The van der Waals surface area contributed by atoms with Gasteiger partial charge in [0.1, 0.15) is 0 Å². The summed E-state index contributed by atoms with van der Waals surface area (Å²) in [4.78, 5) is 16.7. The lowest BCUT2D eigenvalue weighted by Crippen LogP contribution is -2.21. The van der Waals surface area contributed by atoms with E-state index in [4.69, 9.17) is 0 Å². The lowest BCUT2D eigenvalue weighted by atomic mass is 10.1. The zero-order valence-electron chi connectivity index (χ0n) is 14.6. The summed E-state index contributed by atoms with van der Waals surface area (Å²) in [6, 6.07) is 26.5. The molecule has 0 aliphatic carbocycles. The standard InChI is InChI=1S/C23H17N3O/c27-23-15-24-20-9-1-2-10-22(20)26(23)16-17-6-5-7-18(14-17)21-12-11-19-8-3-4-13-25(19)21/h1-15H,16H2. The van der Waals surface area contributed by atoms with Gasteiger partial charge in [0.2, 0.25) is 0 Å². The molecular weight excluding hydrogens is 334 g/mol. The smallest absolute Gasteiger partial charge is 0.269 e. The first-order valence-corrected chi connectivity index (χ1v) is 8.90. The molecule has 130 valence electrons. The van der Waals surface area contributed by atoms with Crippen molar-refractivity contribution in [3.8, 4) is 11.3 Å². The molecule has 0 fully saturated rings. The predicted molar refractivity (Wildman–Crippen MR) is 108 cm³/mol. The van der Waals surface area contributed by atoms with Gasteiger partial charge in [-0.3, -0.25) is 4.79 Å². The van der Waals surface area contributed by atoms with E-state index < -0.39 is 0 Å². The normalized spacial score (nSPS) is 11.3. The molecule has 5 rings (SSSR count). The van der Waals surface area contributed by atoms with Gasteiger partial charge in [0.15, 0.2) is 0 Å². The minimum atomic E-state index is -0.0905. The molecule has 0 amide bonds.